The highest BCUT2D eigenvalue weighted by atomic mass is 19.4. The third-order valence-corrected chi connectivity index (χ3v) is 2.71. The smallest absolute Gasteiger partial charge is 0.490 e. The van der Waals surface area contributed by atoms with Crippen LogP contribution in [0.2, 0.25) is 0 Å². The number of hydrogen-bond donors (Lipinski definition) is 0. The maximum absolute atomic E-state index is 12.5. The molecule has 1 aliphatic heterocycles. The van der Waals surface area contributed by atoms with E-state index >= 15 is 0 Å². The molecule has 1 aromatic rings. The molecule has 0 radical (unpaired) electrons. The molecule has 0 aliphatic carbocycles. The first-order chi connectivity index (χ1) is 8.05. The van der Waals surface area contributed by atoms with Crippen LogP contribution < -0.4 is 10.2 Å². The van der Waals surface area contributed by atoms with Crippen molar-refractivity contribution in [3.63, 3.8) is 0 Å². The molecule has 0 bridgehead atoms. The average molecular weight is 245 g/mol. The SMILES string of the molecule is F[B-](F)(F)c1cccc(OC2CCOCC2)c1. The second-order valence-corrected chi connectivity index (χ2v) is 4.08. The maximum atomic E-state index is 12.5. The van der Waals surface area contributed by atoms with Crippen molar-refractivity contribution in [2.45, 2.75) is 18.9 Å². The van der Waals surface area contributed by atoms with Crippen LogP contribution in [0.5, 0.6) is 5.75 Å². The Kier molecular flexibility index (Phi) is 3.62. The monoisotopic (exact) mass is 245 g/mol. The third-order valence-electron chi connectivity index (χ3n) is 2.71. The van der Waals surface area contributed by atoms with Gasteiger partial charge in [-0.05, 0) is 12.1 Å². The molecular formula is C11H13BF3O2-. The normalized spacial score (nSPS) is 18.1. The van der Waals surface area contributed by atoms with E-state index in [2.05, 4.69) is 0 Å². The molecule has 0 amide bonds. The Morgan fingerprint density at radius 1 is 1.18 bits per heavy atom. The molecule has 1 heterocycles. The molecule has 0 atom stereocenters. The summed E-state index contributed by atoms with van der Waals surface area (Å²) in [4.78, 5) is 0. The van der Waals surface area contributed by atoms with E-state index in [-0.39, 0.29) is 11.9 Å². The van der Waals surface area contributed by atoms with Crippen LogP contribution >= 0.6 is 0 Å². The number of ether oxygens (including phenoxy) is 2. The molecule has 0 N–H and O–H groups in total. The van der Waals surface area contributed by atoms with E-state index in [1.165, 1.54) is 6.07 Å². The summed E-state index contributed by atoms with van der Waals surface area (Å²) in [5.41, 5.74) is -0.616. The highest BCUT2D eigenvalue weighted by molar-refractivity contribution is 6.73. The zero-order valence-corrected chi connectivity index (χ0v) is 9.24. The predicted octanol–water partition coefficient (Wildman–Crippen LogP) is 2.30. The minimum absolute atomic E-state index is 0.0419. The lowest BCUT2D eigenvalue weighted by atomic mass is 9.80. The maximum Gasteiger partial charge on any atom is 0.509 e. The Morgan fingerprint density at radius 2 is 1.88 bits per heavy atom. The predicted molar refractivity (Wildman–Crippen MR) is 59.6 cm³/mol. The summed E-state index contributed by atoms with van der Waals surface area (Å²) < 4.78 is 48.3. The molecule has 17 heavy (non-hydrogen) atoms. The molecule has 1 saturated heterocycles. The van der Waals surface area contributed by atoms with Crippen LogP contribution in [0.15, 0.2) is 24.3 Å². The number of halogens is 3. The molecule has 1 aliphatic rings. The van der Waals surface area contributed by atoms with Crippen LogP contribution in [0.3, 0.4) is 0 Å². The van der Waals surface area contributed by atoms with Gasteiger partial charge in [0.2, 0.25) is 0 Å². The Hall–Kier alpha value is -1.17. The number of hydrogen-bond acceptors (Lipinski definition) is 2. The Bertz CT molecular complexity index is 375. The zero-order valence-electron chi connectivity index (χ0n) is 9.24. The number of rotatable bonds is 3. The van der Waals surface area contributed by atoms with Gasteiger partial charge in [0.1, 0.15) is 11.9 Å². The first kappa shape index (κ1) is 12.3. The standard InChI is InChI=1S/C11H13BF3O2/c13-12(14,15)9-2-1-3-11(8-9)17-10-4-6-16-7-5-10/h1-3,8,10H,4-7H2/q-1. The molecule has 6 heteroatoms. The van der Waals surface area contributed by atoms with Crippen molar-refractivity contribution in [1.82, 2.24) is 0 Å². The second kappa shape index (κ2) is 5.00. The summed E-state index contributed by atoms with van der Waals surface area (Å²) in [5.74, 6) is 0.286. The molecule has 0 spiro atoms. The summed E-state index contributed by atoms with van der Waals surface area (Å²) in [6.45, 7) is -3.75. The van der Waals surface area contributed by atoms with Crippen LogP contribution in [0.1, 0.15) is 12.8 Å². The lowest BCUT2D eigenvalue weighted by Crippen LogP contribution is -2.34. The van der Waals surface area contributed by atoms with E-state index in [0.717, 1.165) is 25.0 Å². The summed E-state index contributed by atoms with van der Waals surface area (Å²) in [6.07, 6.45) is 1.41. The van der Waals surface area contributed by atoms with Gasteiger partial charge in [0, 0.05) is 12.8 Å². The van der Waals surface area contributed by atoms with Crippen molar-refractivity contribution < 1.29 is 22.4 Å². The fourth-order valence-corrected chi connectivity index (χ4v) is 1.78. The first-order valence-corrected chi connectivity index (χ1v) is 5.60. The van der Waals surface area contributed by atoms with E-state index in [1.807, 2.05) is 0 Å². The molecule has 0 aromatic heterocycles. The van der Waals surface area contributed by atoms with Crippen LogP contribution in [-0.4, -0.2) is 26.3 Å². The first-order valence-electron chi connectivity index (χ1n) is 5.60. The van der Waals surface area contributed by atoms with E-state index in [9.17, 15) is 12.9 Å². The van der Waals surface area contributed by atoms with E-state index < -0.39 is 12.4 Å². The van der Waals surface area contributed by atoms with Gasteiger partial charge in [0.25, 0.3) is 0 Å². The summed E-state index contributed by atoms with van der Waals surface area (Å²) in [5, 5.41) is 0. The van der Waals surface area contributed by atoms with Crippen LogP contribution in [0.25, 0.3) is 0 Å². The lowest BCUT2D eigenvalue weighted by molar-refractivity contribution is 0.0256. The van der Waals surface area contributed by atoms with Gasteiger partial charge >= 0.3 is 6.98 Å². The van der Waals surface area contributed by atoms with E-state index in [4.69, 9.17) is 9.47 Å². The van der Waals surface area contributed by atoms with Gasteiger partial charge in [-0.25, -0.2) is 0 Å². The van der Waals surface area contributed by atoms with Crippen molar-refractivity contribution in [2.24, 2.45) is 0 Å². The fraction of sp³-hybridized carbons (Fsp3) is 0.455. The van der Waals surface area contributed by atoms with Crippen LogP contribution in [0.4, 0.5) is 12.9 Å². The quantitative estimate of drug-likeness (QED) is 0.760. The van der Waals surface area contributed by atoms with Crippen LogP contribution in [-0.2, 0) is 4.74 Å². The average Bonchev–Trinajstić information content (AvgIpc) is 2.29. The van der Waals surface area contributed by atoms with Gasteiger partial charge in [0.05, 0.1) is 13.2 Å². The molecule has 0 unspecified atom stereocenters. The molecule has 1 aromatic carbocycles. The van der Waals surface area contributed by atoms with Gasteiger partial charge < -0.3 is 22.4 Å². The highest BCUT2D eigenvalue weighted by Crippen LogP contribution is 2.19. The van der Waals surface area contributed by atoms with Gasteiger partial charge in [-0.2, -0.15) is 0 Å². The third kappa shape index (κ3) is 3.39. The fourth-order valence-electron chi connectivity index (χ4n) is 1.78. The molecule has 94 valence electrons. The molecule has 0 saturated carbocycles. The molecule has 2 nitrogen and oxygen atoms in total. The molecule has 1 fully saturated rings. The summed E-state index contributed by atoms with van der Waals surface area (Å²) in [7, 11) is 0. The largest absolute Gasteiger partial charge is 0.509 e. The van der Waals surface area contributed by atoms with E-state index in [0.29, 0.717) is 13.2 Å². The Balaban J connectivity index is 2.05. The van der Waals surface area contributed by atoms with Crippen molar-refractivity contribution >= 4 is 12.4 Å². The highest BCUT2D eigenvalue weighted by Gasteiger charge is 2.26. The van der Waals surface area contributed by atoms with Gasteiger partial charge in [0.15, 0.2) is 0 Å². The zero-order chi connectivity index (χ0) is 12.3. The Labute approximate surface area is 97.8 Å². The van der Waals surface area contributed by atoms with Crippen molar-refractivity contribution in [3.8, 4) is 5.75 Å². The van der Waals surface area contributed by atoms with Gasteiger partial charge in [-0.3, -0.25) is 0 Å². The number of benzene rings is 1. The van der Waals surface area contributed by atoms with Crippen molar-refractivity contribution in [3.05, 3.63) is 24.3 Å². The minimum Gasteiger partial charge on any atom is -0.490 e. The van der Waals surface area contributed by atoms with Gasteiger partial charge in [-0.15, -0.1) is 5.46 Å². The van der Waals surface area contributed by atoms with E-state index in [1.54, 1.807) is 6.07 Å². The van der Waals surface area contributed by atoms with Crippen LogP contribution in [0, 0.1) is 0 Å². The lowest BCUT2D eigenvalue weighted by Gasteiger charge is -2.24. The topological polar surface area (TPSA) is 18.5 Å². The summed E-state index contributed by atoms with van der Waals surface area (Å²) in [6, 6.07) is 5.06. The van der Waals surface area contributed by atoms with Gasteiger partial charge in [-0.1, -0.05) is 12.1 Å². The molecular weight excluding hydrogens is 232 g/mol. The van der Waals surface area contributed by atoms with Crippen molar-refractivity contribution in [2.75, 3.05) is 13.2 Å². The Morgan fingerprint density at radius 3 is 2.53 bits per heavy atom. The summed E-state index contributed by atoms with van der Waals surface area (Å²) >= 11 is 0. The second-order valence-electron chi connectivity index (χ2n) is 4.08. The van der Waals surface area contributed by atoms with Crippen molar-refractivity contribution in [1.29, 1.82) is 0 Å². The minimum atomic E-state index is -4.96. The molecule has 2 rings (SSSR count).